The lowest BCUT2D eigenvalue weighted by molar-refractivity contribution is -0.118. The first-order valence-corrected chi connectivity index (χ1v) is 3.71. The highest BCUT2D eigenvalue weighted by molar-refractivity contribution is 5.77. The molecule has 0 heterocycles. The number of carbonyl (C=O) groups is 1. The minimum absolute atomic E-state index is 0.203. The molecule has 0 spiro atoms. The van der Waals surface area contributed by atoms with Gasteiger partial charge < -0.3 is 11.5 Å². The highest BCUT2D eigenvalue weighted by atomic mass is 16.1. The van der Waals surface area contributed by atoms with Crippen LogP contribution in [0.25, 0.3) is 0 Å². The highest BCUT2D eigenvalue weighted by Gasteiger charge is 1.93. The van der Waals surface area contributed by atoms with E-state index in [1.165, 1.54) is 0 Å². The summed E-state index contributed by atoms with van der Waals surface area (Å²) in [5.74, 6) is 4.87. The summed E-state index contributed by atoms with van der Waals surface area (Å²) in [6, 6.07) is 0. The van der Waals surface area contributed by atoms with Gasteiger partial charge in [0, 0.05) is 13.0 Å². The van der Waals surface area contributed by atoms with Crippen LogP contribution in [0.5, 0.6) is 0 Å². The summed E-state index contributed by atoms with van der Waals surface area (Å²) in [5.41, 5.74) is 12.4. The number of nitrogens with zero attached hydrogens (tertiary/aromatic N) is 1. The molecule has 70 valence electrons. The summed E-state index contributed by atoms with van der Waals surface area (Å²) >= 11 is 0. The number of hydrogen-bond donors (Lipinski definition) is 4. The van der Waals surface area contributed by atoms with Crippen molar-refractivity contribution in [1.29, 1.82) is 0 Å². The number of rotatable bonds is 5. The van der Waals surface area contributed by atoms with Crippen LogP contribution in [0, 0.1) is 0 Å². The van der Waals surface area contributed by atoms with Gasteiger partial charge >= 0.3 is 0 Å². The Morgan fingerprint density at radius 3 is 2.50 bits per heavy atom. The molecule has 0 aliphatic rings. The van der Waals surface area contributed by atoms with E-state index in [0.717, 1.165) is 12.8 Å². The number of nitrogens with one attached hydrogen (secondary N) is 1. The molecule has 0 unspecified atom stereocenters. The Morgan fingerprint density at radius 2 is 2.00 bits per heavy atom. The molecule has 7 N–H and O–H groups in total. The fourth-order valence-corrected chi connectivity index (χ4v) is 0.656. The number of hydrogen-bond acceptors (Lipinski definition) is 3. The molecule has 1 amide bonds. The van der Waals surface area contributed by atoms with Crippen molar-refractivity contribution >= 4 is 11.9 Å². The van der Waals surface area contributed by atoms with Gasteiger partial charge in [-0.25, -0.2) is 5.84 Å². The largest absolute Gasteiger partial charge is 0.370 e. The van der Waals surface area contributed by atoms with E-state index in [9.17, 15) is 4.79 Å². The average molecular weight is 173 g/mol. The van der Waals surface area contributed by atoms with Crippen LogP contribution in [0.3, 0.4) is 0 Å². The van der Waals surface area contributed by atoms with E-state index in [1.807, 2.05) is 0 Å². The third kappa shape index (κ3) is 6.81. The number of unbranched alkanes of at least 4 members (excludes halogenated alkanes) is 1. The van der Waals surface area contributed by atoms with Gasteiger partial charge in [0.1, 0.15) is 0 Å². The van der Waals surface area contributed by atoms with Crippen molar-refractivity contribution in [3.8, 4) is 0 Å². The first-order valence-electron chi connectivity index (χ1n) is 3.71. The number of guanidine groups is 1. The lowest BCUT2D eigenvalue weighted by atomic mass is 10.2. The Labute approximate surface area is 71.2 Å². The lowest BCUT2D eigenvalue weighted by Crippen LogP contribution is -2.37. The van der Waals surface area contributed by atoms with E-state index in [2.05, 4.69) is 10.4 Å². The van der Waals surface area contributed by atoms with Crippen LogP contribution >= 0.6 is 0 Å². The van der Waals surface area contributed by atoms with Crippen LogP contribution in [0.2, 0.25) is 0 Å². The first-order chi connectivity index (χ1) is 5.66. The summed E-state index contributed by atoms with van der Waals surface area (Å²) in [6.07, 6.45) is 1.91. The van der Waals surface area contributed by atoms with Gasteiger partial charge in [-0.15, -0.1) is 0 Å². The zero-order valence-corrected chi connectivity index (χ0v) is 6.92. The maximum Gasteiger partial charge on any atom is 0.217 e. The second kappa shape index (κ2) is 6.41. The number of hydrazine groups is 1. The second-order valence-corrected chi connectivity index (χ2v) is 2.33. The van der Waals surface area contributed by atoms with Gasteiger partial charge in [0.15, 0.2) is 0 Å². The van der Waals surface area contributed by atoms with Crippen molar-refractivity contribution in [3.05, 3.63) is 0 Å². The molecule has 6 heteroatoms. The van der Waals surface area contributed by atoms with Gasteiger partial charge in [0.05, 0.1) is 0 Å². The van der Waals surface area contributed by atoms with Crippen molar-refractivity contribution < 1.29 is 4.79 Å². The predicted octanol–water partition coefficient (Wildman–Crippen LogP) is -1.58. The SMILES string of the molecule is NNC(N)=NCCCCC(N)=O. The van der Waals surface area contributed by atoms with Crippen LogP contribution in [0.4, 0.5) is 0 Å². The molecular weight excluding hydrogens is 158 g/mol. The third-order valence-corrected chi connectivity index (χ3v) is 1.26. The third-order valence-electron chi connectivity index (χ3n) is 1.26. The van der Waals surface area contributed by atoms with Gasteiger partial charge in [0.25, 0.3) is 0 Å². The maximum atomic E-state index is 10.3. The Kier molecular flexibility index (Phi) is 5.72. The van der Waals surface area contributed by atoms with Crippen molar-refractivity contribution in [3.63, 3.8) is 0 Å². The Hall–Kier alpha value is -1.30. The van der Waals surface area contributed by atoms with Gasteiger partial charge in [-0.1, -0.05) is 0 Å². The number of amides is 1. The monoisotopic (exact) mass is 173 g/mol. The van der Waals surface area contributed by atoms with Gasteiger partial charge in [-0.2, -0.15) is 0 Å². The molecule has 0 aromatic carbocycles. The molecule has 0 aromatic heterocycles. The molecule has 0 atom stereocenters. The zero-order valence-electron chi connectivity index (χ0n) is 6.92. The van der Waals surface area contributed by atoms with Crippen LogP contribution in [0.15, 0.2) is 4.99 Å². The van der Waals surface area contributed by atoms with Gasteiger partial charge in [-0.3, -0.25) is 15.2 Å². The van der Waals surface area contributed by atoms with Gasteiger partial charge in [-0.05, 0) is 12.8 Å². The summed E-state index contributed by atoms with van der Waals surface area (Å²) in [6.45, 7) is 0.559. The molecule has 0 aliphatic heterocycles. The predicted molar refractivity (Wildman–Crippen MR) is 46.9 cm³/mol. The van der Waals surface area contributed by atoms with Crippen LogP contribution in [-0.4, -0.2) is 18.4 Å². The number of aliphatic imine (C=N–C) groups is 1. The molecule has 12 heavy (non-hydrogen) atoms. The van der Waals surface area contributed by atoms with Crippen molar-refractivity contribution in [2.75, 3.05) is 6.54 Å². The molecule has 0 saturated heterocycles. The molecule has 6 nitrogen and oxygen atoms in total. The quantitative estimate of drug-likeness (QED) is 0.132. The second-order valence-electron chi connectivity index (χ2n) is 2.33. The van der Waals surface area contributed by atoms with E-state index in [1.54, 1.807) is 0 Å². The van der Waals surface area contributed by atoms with E-state index in [0.29, 0.717) is 13.0 Å². The molecule has 0 rings (SSSR count). The topological polar surface area (TPSA) is 120 Å². The average Bonchev–Trinajstić information content (AvgIpc) is 2.03. The standard InChI is InChI=1S/C6H15N5O/c7-5(12)3-1-2-4-10-6(8)11-9/h1-4,9H2,(H2,7,12)(H3,8,10,11). The summed E-state index contributed by atoms with van der Waals surface area (Å²) in [4.78, 5) is 14.1. The summed E-state index contributed by atoms with van der Waals surface area (Å²) in [5, 5.41) is 0. The molecule has 0 aliphatic carbocycles. The van der Waals surface area contributed by atoms with E-state index < -0.39 is 0 Å². The molecule has 0 aromatic rings. The zero-order chi connectivity index (χ0) is 9.40. The highest BCUT2D eigenvalue weighted by Crippen LogP contribution is 1.93. The van der Waals surface area contributed by atoms with Crippen molar-refractivity contribution in [1.82, 2.24) is 5.43 Å². The fourth-order valence-electron chi connectivity index (χ4n) is 0.656. The molecule has 0 fully saturated rings. The Balaban J connectivity index is 3.27. The Morgan fingerprint density at radius 1 is 1.33 bits per heavy atom. The van der Waals surface area contributed by atoms with Crippen LogP contribution in [-0.2, 0) is 4.79 Å². The molecule has 0 saturated carbocycles. The Bertz CT molecular complexity index is 167. The van der Waals surface area contributed by atoms with E-state index in [4.69, 9.17) is 17.3 Å². The van der Waals surface area contributed by atoms with Gasteiger partial charge in [0.2, 0.25) is 11.9 Å². The number of primary amides is 1. The van der Waals surface area contributed by atoms with Crippen LogP contribution in [0.1, 0.15) is 19.3 Å². The minimum atomic E-state index is -0.288. The van der Waals surface area contributed by atoms with Crippen molar-refractivity contribution in [2.45, 2.75) is 19.3 Å². The first kappa shape index (κ1) is 10.7. The fraction of sp³-hybridized carbons (Fsp3) is 0.667. The van der Waals surface area contributed by atoms with Crippen LogP contribution < -0.4 is 22.7 Å². The van der Waals surface area contributed by atoms with E-state index >= 15 is 0 Å². The lowest BCUT2D eigenvalue weighted by Gasteiger charge is -1.97. The van der Waals surface area contributed by atoms with Crippen molar-refractivity contribution in [2.24, 2.45) is 22.3 Å². The summed E-state index contributed by atoms with van der Waals surface area (Å²) in [7, 11) is 0. The summed E-state index contributed by atoms with van der Waals surface area (Å²) < 4.78 is 0. The number of carbonyl (C=O) groups excluding carboxylic acids is 1. The number of nitrogens with two attached hydrogens (primary N) is 3. The molecule has 0 bridgehead atoms. The normalized spacial score (nSPS) is 11.2. The minimum Gasteiger partial charge on any atom is -0.370 e. The smallest absolute Gasteiger partial charge is 0.217 e. The molecule has 0 radical (unpaired) electrons. The van der Waals surface area contributed by atoms with E-state index in [-0.39, 0.29) is 11.9 Å². The molecular formula is C6H15N5O. The maximum absolute atomic E-state index is 10.3.